The normalized spacial score (nSPS) is 11.5. The Bertz CT molecular complexity index is 980. The second kappa shape index (κ2) is 9.15. The highest BCUT2D eigenvalue weighted by atomic mass is 16.5. The number of hydrogen-bond donors (Lipinski definition) is 1. The minimum atomic E-state index is -0.184. The Balaban J connectivity index is 1.43. The van der Waals surface area contributed by atoms with Gasteiger partial charge < -0.3 is 10.1 Å². The van der Waals surface area contributed by atoms with Crippen LogP contribution in [0.15, 0.2) is 42.6 Å². The van der Waals surface area contributed by atoms with Crippen LogP contribution in [0.1, 0.15) is 54.6 Å². The van der Waals surface area contributed by atoms with Crippen molar-refractivity contribution < 1.29 is 9.53 Å². The van der Waals surface area contributed by atoms with Gasteiger partial charge in [0.2, 0.25) is 0 Å². The Kier molecular flexibility index (Phi) is 6.59. The summed E-state index contributed by atoms with van der Waals surface area (Å²) in [6.45, 7) is 12.1. The molecule has 0 saturated carbocycles. The molecule has 30 heavy (non-hydrogen) atoms. The summed E-state index contributed by atoms with van der Waals surface area (Å²) >= 11 is 0. The van der Waals surface area contributed by atoms with Crippen LogP contribution in [0.3, 0.4) is 0 Å². The van der Waals surface area contributed by atoms with Gasteiger partial charge >= 0.3 is 0 Å². The molecule has 0 aliphatic carbocycles. The van der Waals surface area contributed by atoms with Crippen LogP contribution in [0, 0.1) is 13.8 Å². The molecule has 3 rings (SSSR count). The van der Waals surface area contributed by atoms with Crippen molar-refractivity contribution in [3.8, 4) is 5.75 Å². The third kappa shape index (κ3) is 5.72. The topological polar surface area (TPSA) is 74.0 Å². The monoisotopic (exact) mass is 409 g/mol. The number of carbonyl (C=O) groups is 1. The summed E-state index contributed by atoms with van der Waals surface area (Å²) in [4.78, 5) is 12.3. The predicted octanol–water partition coefficient (Wildman–Crippen LogP) is 3.85. The molecule has 0 fully saturated rings. The first kappa shape index (κ1) is 21.6. The molecule has 0 aliphatic rings. The zero-order valence-corrected chi connectivity index (χ0v) is 18.5. The van der Waals surface area contributed by atoms with Crippen LogP contribution in [0.2, 0.25) is 0 Å². The van der Waals surface area contributed by atoms with Crippen molar-refractivity contribution in [3.63, 3.8) is 0 Å². The number of ether oxygens (including phenoxy) is 1. The maximum absolute atomic E-state index is 12.3. The van der Waals surface area contributed by atoms with E-state index in [0.29, 0.717) is 12.2 Å². The van der Waals surface area contributed by atoms with Crippen LogP contribution >= 0.6 is 0 Å². The fourth-order valence-corrected chi connectivity index (χ4v) is 3.17. The highest BCUT2D eigenvalue weighted by molar-refractivity contribution is 5.92. The average molecular weight is 410 g/mol. The molecule has 7 heteroatoms. The molecule has 160 valence electrons. The molecule has 0 radical (unpaired) electrons. The van der Waals surface area contributed by atoms with Gasteiger partial charge in [-0.2, -0.15) is 10.2 Å². The van der Waals surface area contributed by atoms with Gasteiger partial charge in [0.15, 0.2) is 6.73 Å². The smallest absolute Gasteiger partial charge is 0.271 e. The highest BCUT2D eigenvalue weighted by Crippen LogP contribution is 2.24. The molecular formula is C23H31N5O2. The molecule has 0 saturated heterocycles. The standard InChI is InChI=1S/C23H31N5O2/c1-17-15-18(2)28(25-17)13-6-12-24-22(29)21-11-14-27(26-21)16-30-20-9-7-19(8-10-20)23(3,4)5/h7-11,14-15H,6,12-13,16H2,1-5H3,(H,24,29). The minimum absolute atomic E-state index is 0.110. The maximum Gasteiger partial charge on any atom is 0.271 e. The van der Waals surface area contributed by atoms with E-state index in [1.165, 1.54) is 5.56 Å². The van der Waals surface area contributed by atoms with Crippen molar-refractivity contribution in [1.82, 2.24) is 24.9 Å². The van der Waals surface area contributed by atoms with Crippen molar-refractivity contribution in [1.29, 1.82) is 0 Å². The Morgan fingerprint density at radius 3 is 2.47 bits per heavy atom. The highest BCUT2D eigenvalue weighted by Gasteiger charge is 2.13. The molecule has 0 bridgehead atoms. The van der Waals surface area contributed by atoms with Crippen LogP contribution in [0.25, 0.3) is 0 Å². The predicted molar refractivity (Wildman–Crippen MR) is 117 cm³/mol. The molecule has 0 atom stereocenters. The van der Waals surface area contributed by atoms with Gasteiger partial charge in [-0.1, -0.05) is 32.9 Å². The summed E-state index contributed by atoms with van der Waals surface area (Å²) < 4.78 is 9.35. The zero-order valence-electron chi connectivity index (χ0n) is 18.5. The molecule has 1 N–H and O–H groups in total. The molecule has 0 aliphatic heterocycles. The van der Waals surface area contributed by atoms with E-state index in [2.05, 4.69) is 48.4 Å². The number of carbonyl (C=O) groups excluding carboxylic acids is 1. The van der Waals surface area contributed by atoms with E-state index >= 15 is 0 Å². The average Bonchev–Trinajstić information content (AvgIpc) is 3.29. The SMILES string of the molecule is Cc1cc(C)n(CCCNC(=O)c2ccn(COc3ccc(C(C)(C)C)cc3)n2)n1. The van der Waals surface area contributed by atoms with Crippen LogP contribution in [0.5, 0.6) is 5.75 Å². The van der Waals surface area contributed by atoms with E-state index < -0.39 is 0 Å². The van der Waals surface area contributed by atoms with E-state index in [4.69, 9.17) is 4.74 Å². The van der Waals surface area contributed by atoms with Crippen molar-refractivity contribution in [2.45, 2.75) is 59.7 Å². The van der Waals surface area contributed by atoms with Crippen molar-refractivity contribution in [2.24, 2.45) is 0 Å². The van der Waals surface area contributed by atoms with Crippen LogP contribution < -0.4 is 10.1 Å². The summed E-state index contributed by atoms with van der Waals surface area (Å²) in [5, 5.41) is 11.6. The number of benzene rings is 1. The Morgan fingerprint density at radius 1 is 1.10 bits per heavy atom. The van der Waals surface area contributed by atoms with E-state index in [9.17, 15) is 4.79 Å². The Morgan fingerprint density at radius 2 is 1.83 bits per heavy atom. The summed E-state index contributed by atoms with van der Waals surface area (Å²) in [7, 11) is 0. The minimum Gasteiger partial charge on any atom is -0.471 e. The molecule has 2 heterocycles. The van der Waals surface area contributed by atoms with Gasteiger partial charge in [0, 0.05) is 25.0 Å². The van der Waals surface area contributed by atoms with Gasteiger partial charge in [-0.3, -0.25) is 9.48 Å². The molecule has 1 aromatic carbocycles. The first-order valence-electron chi connectivity index (χ1n) is 10.3. The molecular weight excluding hydrogens is 378 g/mol. The second-order valence-electron chi connectivity index (χ2n) is 8.55. The quantitative estimate of drug-likeness (QED) is 0.574. The van der Waals surface area contributed by atoms with Crippen LogP contribution in [-0.4, -0.2) is 32.0 Å². The number of amides is 1. The molecule has 0 unspecified atom stereocenters. The molecule has 1 amide bonds. The van der Waals surface area contributed by atoms with Gasteiger partial charge in [-0.05, 0) is 55.5 Å². The van der Waals surface area contributed by atoms with Gasteiger partial charge in [0.25, 0.3) is 5.91 Å². The van der Waals surface area contributed by atoms with E-state index in [1.54, 1.807) is 16.9 Å². The van der Waals surface area contributed by atoms with Crippen molar-refractivity contribution in [3.05, 3.63) is 65.2 Å². The van der Waals surface area contributed by atoms with Crippen LogP contribution in [0.4, 0.5) is 0 Å². The van der Waals surface area contributed by atoms with Crippen molar-refractivity contribution >= 4 is 5.91 Å². The van der Waals surface area contributed by atoms with Gasteiger partial charge in [0.1, 0.15) is 11.4 Å². The van der Waals surface area contributed by atoms with E-state index in [0.717, 1.165) is 30.1 Å². The van der Waals surface area contributed by atoms with Crippen molar-refractivity contribution in [2.75, 3.05) is 6.54 Å². The maximum atomic E-state index is 12.3. The number of nitrogens with one attached hydrogen (secondary N) is 1. The number of aromatic nitrogens is 4. The number of rotatable bonds is 8. The Hall–Kier alpha value is -3.09. The Labute approximate surface area is 178 Å². The number of hydrogen-bond acceptors (Lipinski definition) is 4. The lowest BCUT2D eigenvalue weighted by Crippen LogP contribution is -2.26. The third-order valence-electron chi connectivity index (χ3n) is 4.89. The lowest BCUT2D eigenvalue weighted by atomic mass is 9.87. The van der Waals surface area contributed by atoms with Gasteiger partial charge in [0.05, 0.1) is 5.69 Å². The summed E-state index contributed by atoms with van der Waals surface area (Å²) in [6.07, 6.45) is 2.55. The summed E-state index contributed by atoms with van der Waals surface area (Å²) in [6, 6.07) is 11.8. The first-order valence-corrected chi connectivity index (χ1v) is 10.3. The second-order valence-corrected chi connectivity index (χ2v) is 8.55. The number of nitrogens with zero attached hydrogens (tertiary/aromatic N) is 4. The summed E-state index contributed by atoms with van der Waals surface area (Å²) in [5.41, 5.74) is 3.89. The molecule has 3 aromatic rings. The van der Waals surface area contributed by atoms with E-state index in [-0.39, 0.29) is 18.1 Å². The molecule has 7 nitrogen and oxygen atoms in total. The van der Waals surface area contributed by atoms with Crippen LogP contribution in [-0.2, 0) is 18.7 Å². The molecule has 2 aromatic heterocycles. The van der Waals surface area contributed by atoms with Gasteiger partial charge in [-0.25, -0.2) is 4.68 Å². The van der Waals surface area contributed by atoms with Gasteiger partial charge in [-0.15, -0.1) is 0 Å². The fourth-order valence-electron chi connectivity index (χ4n) is 3.17. The van der Waals surface area contributed by atoms with E-state index in [1.807, 2.05) is 36.7 Å². The fraction of sp³-hybridized carbons (Fsp3) is 0.435. The lowest BCUT2D eigenvalue weighted by Gasteiger charge is -2.19. The largest absolute Gasteiger partial charge is 0.471 e. The first-order chi connectivity index (χ1) is 14.2. The summed E-state index contributed by atoms with van der Waals surface area (Å²) in [5.74, 6) is 0.588. The molecule has 0 spiro atoms. The zero-order chi connectivity index (χ0) is 21.7. The number of aryl methyl sites for hydroxylation is 3. The third-order valence-corrected chi connectivity index (χ3v) is 4.89. The lowest BCUT2D eigenvalue weighted by molar-refractivity contribution is 0.0945.